The molecule has 0 bridgehead atoms. The van der Waals surface area contributed by atoms with Crippen LogP contribution in [0.5, 0.6) is 0 Å². The third-order valence-corrected chi connectivity index (χ3v) is 6.50. The fraction of sp³-hybridized carbons (Fsp3) is 0.333. The number of amides is 2. The van der Waals surface area contributed by atoms with E-state index in [4.69, 9.17) is 0 Å². The molecule has 4 rings (SSSR count). The molecule has 0 radical (unpaired) electrons. The van der Waals surface area contributed by atoms with Crippen molar-refractivity contribution in [3.05, 3.63) is 42.7 Å². The summed E-state index contributed by atoms with van der Waals surface area (Å²) in [5.41, 5.74) is 1.59. The standard InChI is InChI=1S/C18H19N5O4S/c24-17-6-5-16(21-23(17)15-7-10-28(26,27)12-15)18(25)20-13-3-1-4-14(11-13)22-9-2-8-19-22/h1-4,8-9,11,15H,5-7,10,12H2,(H,20,25). The Morgan fingerprint density at radius 2 is 2.07 bits per heavy atom. The fourth-order valence-electron chi connectivity index (χ4n) is 3.34. The van der Waals surface area contributed by atoms with Crippen LogP contribution in [-0.4, -0.2) is 58.3 Å². The zero-order valence-electron chi connectivity index (χ0n) is 15.0. The molecule has 1 atom stereocenters. The topological polar surface area (TPSA) is 114 Å². The Balaban J connectivity index is 1.51. The summed E-state index contributed by atoms with van der Waals surface area (Å²) in [6, 6.07) is 8.50. The zero-order chi connectivity index (χ0) is 19.7. The Kier molecular flexibility index (Phi) is 4.71. The van der Waals surface area contributed by atoms with Gasteiger partial charge in [0.2, 0.25) is 5.91 Å². The second-order valence-corrected chi connectivity index (χ2v) is 9.03. The summed E-state index contributed by atoms with van der Waals surface area (Å²) in [5, 5.41) is 12.3. The molecular formula is C18H19N5O4S. The molecule has 0 saturated carbocycles. The van der Waals surface area contributed by atoms with E-state index >= 15 is 0 Å². The molecule has 2 amide bonds. The predicted octanol–water partition coefficient (Wildman–Crippen LogP) is 0.976. The van der Waals surface area contributed by atoms with Crippen LogP contribution in [0.15, 0.2) is 47.8 Å². The summed E-state index contributed by atoms with van der Waals surface area (Å²) >= 11 is 0. The summed E-state index contributed by atoms with van der Waals surface area (Å²) in [4.78, 5) is 24.8. The van der Waals surface area contributed by atoms with E-state index < -0.39 is 21.8 Å². The number of rotatable bonds is 4. The molecule has 1 aromatic carbocycles. The van der Waals surface area contributed by atoms with E-state index in [1.54, 1.807) is 41.3 Å². The lowest BCUT2D eigenvalue weighted by Gasteiger charge is -2.27. The molecule has 9 nitrogen and oxygen atoms in total. The maximum atomic E-state index is 12.6. The summed E-state index contributed by atoms with van der Waals surface area (Å²) in [7, 11) is -3.15. The number of aromatic nitrogens is 2. The lowest BCUT2D eigenvalue weighted by Crippen LogP contribution is -2.42. The second-order valence-electron chi connectivity index (χ2n) is 6.80. The number of carbonyl (C=O) groups excluding carboxylic acids is 2. The Morgan fingerprint density at radius 3 is 2.79 bits per heavy atom. The van der Waals surface area contributed by atoms with E-state index in [1.165, 1.54) is 5.01 Å². The molecule has 2 aliphatic rings. The maximum absolute atomic E-state index is 12.6. The van der Waals surface area contributed by atoms with Crippen molar-refractivity contribution >= 4 is 33.1 Å². The van der Waals surface area contributed by atoms with Crippen molar-refractivity contribution in [1.82, 2.24) is 14.8 Å². The molecule has 146 valence electrons. The third-order valence-electron chi connectivity index (χ3n) is 4.75. The number of hydrogen-bond donors (Lipinski definition) is 1. The normalized spacial score (nSPS) is 21.4. The minimum atomic E-state index is -3.15. The van der Waals surface area contributed by atoms with Crippen LogP contribution in [0.4, 0.5) is 5.69 Å². The van der Waals surface area contributed by atoms with Crippen LogP contribution in [-0.2, 0) is 19.4 Å². The highest BCUT2D eigenvalue weighted by atomic mass is 32.2. The van der Waals surface area contributed by atoms with Gasteiger partial charge < -0.3 is 5.32 Å². The fourth-order valence-corrected chi connectivity index (χ4v) is 5.03. The van der Waals surface area contributed by atoms with Gasteiger partial charge in [-0.3, -0.25) is 9.59 Å². The molecule has 0 spiro atoms. The minimum Gasteiger partial charge on any atom is -0.321 e. The first-order chi connectivity index (χ1) is 13.4. The third kappa shape index (κ3) is 3.81. The van der Waals surface area contributed by atoms with E-state index in [1.807, 2.05) is 6.07 Å². The van der Waals surface area contributed by atoms with Gasteiger partial charge in [-0.05, 0) is 30.7 Å². The molecule has 2 aromatic rings. The van der Waals surface area contributed by atoms with Crippen LogP contribution in [0, 0.1) is 0 Å². The first kappa shape index (κ1) is 18.4. The van der Waals surface area contributed by atoms with Gasteiger partial charge in [0.25, 0.3) is 5.91 Å². The van der Waals surface area contributed by atoms with Crippen molar-refractivity contribution in [3.8, 4) is 5.69 Å². The van der Waals surface area contributed by atoms with Gasteiger partial charge in [0.05, 0.1) is 23.2 Å². The lowest BCUT2D eigenvalue weighted by molar-refractivity contribution is -0.133. The summed E-state index contributed by atoms with van der Waals surface area (Å²) < 4.78 is 25.1. The van der Waals surface area contributed by atoms with Crippen LogP contribution in [0.25, 0.3) is 5.69 Å². The number of sulfone groups is 1. The van der Waals surface area contributed by atoms with E-state index in [0.717, 1.165) is 5.69 Å². The molecule has 1 N–H and O–H groups in total. The van der Waals surface area contributed by atoms with Crippen molar-refractivity contribution in [2.45, 2.75) is 25.3 Å². The van der Waals surface area contributed by atoms with Crippen molar-refractivity contribution in [1.29, 1.82) is 0 Å². The lowest BCUT2D eigenvalue weighted by atomic mass is 10.1. The van der Waals surface area contributed by atoms with E-state index in [-0.39, 0.29) is 36.0 Å². The SMILES string of the molecule is O=C(Nc1cccc(-n2cccn2)c1)C1=NN(C2CCS(=O)(=O)C2)C(=O)CC1. The van der Waals surface area contributed by atoms with Gasteiger partial charge in [-0.15, -0.1) is 0 Å². The number of nitrogens with zero attached hydrogens (tertiary/aromatic N) is 4. The number of hydrazone groups is 1. The monoisotopic (exact) mass is 401 g/mol. The summed E-state index contributed by atoms with van der Waals surface area (Å²) in [6.07, 6.45) is 4.16. The van der Waals surface area contributed by atoms with Gasteiger partial charge in [-0.25, -0.2) is 18.1 Å². The number of nitrogens with one attached hydrogen (secondary N) is 1. The molecule has 1 aromatic heterocycles. The number of carbonyl (C=O) groups is 2. The number of hydrogen-bond acceptors (Lipinski definition) is 6. The largest absolute Gasteiger partial charge is 0.321 e. The van der Waals surface area contributed by atoms with Gasteiger partial charge in [0, 0.05) is 30.9 Å². The van der Waals surface area contributed by atoms with Crippen molar-refractivity contribution in [3.63, 3.8) is 0 Å². The Morgan fingerprint density at radius 1 is 1.21 bits per heavy atom. The Hall–Kier alpha value is -3.01. The summed E-state index contributed by atoms with van der Waals surface area (Å²) in [6.45, 7) is 0. The van der Waals surface area contributed by atoms with Crippen LogP contribution < -0.4 is 5.32 Å². The van der Waals surface area contributed by atoms with E-state index in [2.05, 4.69) is 15.5 Å². The average molecular weight is 401 g/mol. The van der Waals surface area contributed by atoms with Gasteiger partial charge in [0.15, 0.2) is 9.84 Å². The van der Waals surface area contributed by atoms with Crippen molar-refractivity contribution in [2.75, 3.05) is 16.8 Å². The predicted molar refractivity (Wildman–Crippen MR) is 103 cm³/mol. The molecule has 3 heterocycles. The molecule has 10 heteroatoms. The molecule has 28 heavy (non-hydrogen) atoms. The number of anilines is 1. The molecule has 2 aliphatic heterocycles. The Labute approximate surface area is 161 Å². The van der Waals surface area contributed by atoms with Gasteiger partial charge in [0.1, 0.15) is 5.71 Å². The van der Waals surface area contributed by atoms with E-state index in [9.17, 15) is 18.0 Å². The highest BCUT2D eigenvalue weighted by molar-refractivity contribution is 7.91. The van der Waals surface area contributed by atoms with E-state index in [0.29, 0.717) is 12.1 Å². The average Bonchev–Trinajstić information content (AvgIpc) is 3.32. The van der Waals surface area contributed by atoms with Crippen molar-refractivity contribution < 1.29 is 18.0 Å². The molecule has 0 aliphatic carbocycles. The highest BCUT2D eigenvalue weighted by Gasteiger charge is 2.37. The zero-order valence-corrected chi connectivity index (χ0v) is 15.8. The van der Waals surface area contributed by atoms with Gasteiger partial charge in [-0.2, -0.15) is 10.2 Å². The molecule has 1 fully saturated rings. The highest BCUT2D eigenvalue weighted by Crippen LogP contribution is 2.22. The van der Waals surface area contributed by atoms with Crippen LogP contribution in [0.3, 0.4) is 0 Å². The van der Waals surface area contributed by atoms with Gasteiger partial charge in [-0.1, -0.05) is 6.07 Å². The molecular weight excluding hydrogens is 382 g/mol. The molecule has 1 saturated heterocycles. The van der Waals surface area contributed by atoms with Crippen LogP contribution >= 0.6 is 0 Å². The number of benzene rings is 1. The first-order valence-corrected chi connectivity index (χ1v) is 10.7. The molecule has 1 unspecified atom stereocenters. The quantitative estimate of drug-likeness (QED) is 0.820. The maximum Gasteiger partial charge on any atom is 0.271 e. The Bertz CT molecular complexity index is 1050. The first-order valence-electron chi connectivity index (χ1n) is 8.93. The second kappa shape index (κ2) is 7.19. The van der Waals surface area contributed by atoms with Gasteiger partial charge >= 0.3 is 0 Å². The minimum absolute atomic E-state index is 0.0404. The smallest absolute Gasteiger partial charge is 0.271 e. The van der Waals surface area contributed by atoms with Crippen LogP contribution in [0.2, 0.25) is 0 Å². The van der Waals surface area contributed by atoms with Crippen molar-refractivity contribution in [2.24, 2.45) is 5.10 Å². The summed E-state index contributed by atoms with van der Waals surface area (Å²) in [5.74, 6) is -0.725. The van der Waals surface area contributed by atoms with Crippen LogP contribution in [0.1, 0.15) is 19.3 Å².